The van der Waals surface area contributed by atoms with Crippen molar-refractivity contribution in [2.45, 2.75) is 19.8 Å². The maximum atomic E-state index is 12.8. The van der Waals surface area contributed by atoms with Crippen molar-refractivity contribution in [3.05, 3.63) is 74.8 Å². The predicted molar refractivity (Wildman–Crippen MR) is 116 cm³/mol. The molecular formula is C22H24F2N4O3. The van der Waals surface area contributed by atoms with Crippen LogP contribution in [0, 0.1) is 13.8 Å². The number of nitrogens with zero attached hydrogens (tertiary/aromatic N) is 3. The molecular weight excluding hydrogens is 406 g/mol. The molecule has 164 valence electrons. The van der Waals surface area contributed by atoms with E-state index in [0.717, 1.165) is 11.1 Å². The van der Waals surface area contributed by atoms with E-state index in [4.69, 9.17) is 4.74 Å². The van der Waals surface area contributed by atoms with Gasteiger partial charge in [0.25, 0.3) is 11.5 Å². The summed E-state index contributed by atoms with van der Waals surface area (Å²) in [5, 5.41) is 0. The second kappa shape index (κ2) is 8.81. The fraction of sp³-hybridized carbons (Fsp3) is 0.318. The number of aliphatic imine (C=N–C) groups is 1. The molecule has 0 atom stereocenters. The standard InChI is InChI=1S/C22H24F2N4O3/c1-14-11-17(7-8-18(14)19-15(2)20(29)26-21(30)27(19)4)31-16(3)25-9-5-6-10-28-12-22(23,24)13-28/h5-9,11H,3,10,12-13H2,1-2,4H3,(H,26,29,30)/b6-5-,25-9?. The number of ether oxygens (including phenoxy) is 1. The summed E-state index contributed by atoms with van der Waals surface area (Å²) in [4.78, 5) is 31.9. The van der Waals surface area contributed by atoms with Gasteiger partial charge in [-0.15, -0.1) is 0 Å². The van der Waals surface area contributed by atoms with Gasteiger partial charge in [0.2, 0.25) is 5.88 Å². The van der Waals surface area contributed by atoms with Crippen molar-refractivity contribution in [3.63, 3.8) is 0 Å². The van der Waals surface area contributed by atoms with Gasteiger partial charge in [0.05, 0.1) is 18.8 Å². The third-order valence-electron chi connectivity index (χ3n) is 4.96. The molecule has 1 aromatic carbocycles. The first-order valence-corrected chi connectivity index (χ1v) is 9.64. The number of hydrogen-bond acceptors (Lipinski definition) is 5. The molecule has 0 bridgehead atoms. The summed E-state index contributed by atoms with van der Waals surface area (Å²) < 4.78 is 32.5. The van der Waals surface area contributed by atoms with Crippen LogP contribution in [0.5, 0.6) is 5.75 Å². The minimum absolute atomic E-state index is 0.159. The Kier molecular flexibility index (Phi) is 6.35. The van der Waals surface area contributed by atoms with Crippen LogP contribution < -0.4 is 16.0 Å². The van der Waals surface area contributed by atoms with E-state index in [-0.39, 0.29) is 19.0 Å². The number of aryl methyl sites for hydroxylation is 1. The molecule has 1 fully saturated rings. The number of H-pyrrole nitrogens is 1. The van der Waals surface area contributed by atoms with E-state index in [1.54, 1.807) is 49.2 Å². The number of halogens is 2. The lowest BCUT2D eigenvalue weighted by molar-refractivity contribution is -0.125. The van der Waals surface area contributed by atoms with Gasteiger partial charge in [0, 0.05) is 30.9 Å². The summed E-state index contributed by atoms with van der Waals surface area (Å²) in [6.45, 7) is 7.24. The first-order chi connectivity index (χ1) is 14.6. The molecule has 31 heavy (non-hydrogen) atoms. The SMILES string of the molecule is C=C(N=C/C=C\CN1CC(F)(F)C1)Oc1ccc(-c2c(C)c(=O)[nH]c(=O)n2C)c(C)c1. The molecule has 1 aliphatic rings. The second-order valence-corrected chi connectivity index (χ2v) is 7.50. The summed E-state index contributed by atoms with van der Waals surface area (Å²) in [6.07, 6.45) is 4.87. The minimum atomic E-state index is -2.57. The van der Waals surface area contributed by atoms with Gasteiger partial charge < -0.3 is 4.74 Å². The lowest BCUT2D eigenvalue weighted by Crippen LogP contribution is -2.55. The van der Waals surface area contributed by atoms with Crippen LogP contribution in [0.2, 0.25) is 0 Å². The van der Waals surface area contributed by atoms with Crippen LogP contribution >= 0.6 is 0 Å². The lowest BCUT2D eigenvalue weighted by Gasteiger charge is -2.37. The summed E-state index contributed by atoms with van der Waals surface area (Å²) in [6, 6.07) is 5.24. The van der Waals surface area contributed by atoms with Gasteiger partial charge in [-0.05, 0) is 50.3 Å². The monoisotopic (exact) mass is 430 g/mol. The van der Waals surface area contributed by atoms with Crippen molar-refractivity contribution in [1.82, 2.24) is 14.5 Å². The number of aromatic nitrogens is 2. The zero-order valence-corrected chi connectivity index (χ0v) is 17.6. The van der Waals surface area contributed by atoms with Crippen molar-refractivity contribution in [1.29, 1.82) is 0 Å². The third kappa shape index (κ3) is 5.24. The van der Waals surface area contributed by atoms with Crippen LogP contribution in [-0.2, 0) is 7.05 Å². The molecule has 0 amide bonds. The Morgan fingerprint density at radius 1 is 1.32 bits per heavy atom. The van der Waals surface area contributed by atoms with Gasteiger partial charge in [-0.25, -0.2) is 18.6 Å². The van der Waals surface area contributed by atoms with Gasteiger partial charge in [0.1, 0.15) is 5.75 Å². The van der Waals surface area contributed by atoms with Crippen molar-refractivity contribution in [3.8, 4) is 17.0 Å². The number of hydrogen-bond donors (Lipinski definition) is 1. The quantitative estimate of drug-likeness (QED) is 0.541. The van der Waals surface area contributed by atoms with Gasteiger partial charge >= 0.3 is 5.69 Å². The van der Waals surface area contributed by atoms with E-state index < -0.39 is 17.2 Å². The average Bonchev–Trinajstić information content (AvgIpc) is 2.66. The van der Waals surface area contributed by atoms with Gasteiger partial charge in [-0.3, -0.25) is 19.2 Å². The van der Waals surface area contributed by atoms with E-state index in [2.05, 4.69) is 16.6 Å². The summed E-state index contributed by atoms with van der Waals surface area (Å²) in [5.41, 5.74) is 1.63. The Balaban J connectivity index is 1.64. The summed E-state index contributed by atoms with van der Waals surface area (Å²) >= 11 is 0. The Hall–Kier alpha value is -3.33. The topological polar surface area (TPSA) is 79.7 Å². The van der Waals surface area contributed by atoms with Crippen LogP contribution in [0.25, 0.3) is 11.3 Å². The molecule has 1 N–H and O–H groups in total. The van der Waals surface area contributed by atoms with Crippen LogP contribution in [0.3, 0.4) is 0 Å². The molecule has 7 nitrogen and oxygen atoms in total. The van der Waals surface area contributed by atoms with E-state index in [1.165, 1.54) is 10.8 Å². The molecule has 0 unspecified atom stereocenters. The average molecular weight is 430 g/mol. The zero-order valence-electron chi connectivity index (χ0n) is 17.6. The van der Waals surface area contributed by atoms with Gasteiger partial charge in [-0.1, -0.05) is 6.08 Å². The van der Waals surface area contributed by atoms with Crippen LogP contribution in [0.15, 0.2) is 57.4 Å². The van der Waals surface area contributed by atoms with E-state index >= 15 is 0 Å². The highest BCUT2D eigenvalue weighted by atomic mass is 19.3. The molecule has 1 saturated heterocycles. The molecule has 9 heteroatoms. The number of nitrogens with one attached hydrogen (secondary N) is 1. The largest absolute Gasteiger partial charge is 0.440 e. The van der Waals surface area contributed by atoms with E-state index in [9.17, 15) is 18.4 Å². The van der Waals surface area contributed by atoms with Crippen molar-refractivity contribution in [2.75, 3.05) is 19.6 Å². The molecule has 1 aromatic heterocycles. The highest BCUT2D eigenvalue weighted by molar-refractivity contribution is 5.72. The minimum Gasteiger partial charge on any atom is -0.440 e. The second-order valence-electron chi connectivity index (χ2n) is 7.50. The smallest absolute Gasteiger partial charge is 0.328 e. The van der Waals surface area contributed by atoms with Gasteiger partial charge in [0.15, 0.2) is 0 Å². The summed E-state index contributed by atoms with van der Waals surface area (Å²) in [7, 11) is 1.60. The number of benzene rings is 1. The Labute approximate surface area is 178 Å². The van der Waals surface area contributed by atoms with Gasteiger partial charge in [-0.2, -0.15) is 0 Å². The van der Waals surface area contributed by atoms with Crippen LogP contribution in [-0.4, -0.2) is 46.2 Å². The fourth-order valence-corrected chi connectivity index (χ4v) is 3.38. The molecule has 2 heterocycles. The lowest BCUT2D eigenvalue weighted by atomic mass is 10.0. The summed E-state index contributed by atoms with van der Waals surface area (Å²) in [5.74, 6) is -1.91. The maximum Gasteiger partial charge on any atom is 0.328 e. The first-order valence-electron chi connectivity index (χ1n) is 9.64. The normalized spacial score (nSPS) is 16.0. The maximum absolute atomic E-state index is 12.8. The van der Waals surface area contributed by atoms with E-state index in [0.29, 0.717) is 23.6 Å². The third-order valence-corrected chi connectivity index (χ3v) is 4.96. The predicted octanol–water partition coefficient (Wildman–Crippen LogP) is 2.79. The molecule has 1 aliphatic heterocycles. The van der Waals surface area contributed by atoms with E-state index in [1.807, 2.05) is 6.92 Å². The number of likely N-dealkylation sites (tertiary alicyclic amines) is 1. The molecule has 0 spiro atoms. The van der Waals surface area contributed by atoms with Crippen molar-refractivity contribution >= 4 is 6.21 Å². The molecule has 3 rings (SSSR count). The van der Waals surface area contributed by atoms with Crippen LogP contribution in [0.4, 0.5) is 8.78 Å². The highest BCUT2D eigenvalue weighted by Crippen LogP contribution is 2.28. The Morgan fingerprint density at radius 3 is 2.68 bits per heavy atom. The first kappa shape index (κ1) is 22.4. The highest BCUT2D eigenvalue weighted by Gasteiger charge is 2.42. The van der Waals surface area contributed by atoms with Crippen molar-refractivity contribution < 1.29 is 13.5 Å². The number of alkyl halides is 2. The molecule has 2 aromatic rings. The number of rotatable bonds is 7. The molecule has 0 radical (unpaired) electrons. The number of allylic oxidation sites excluding steroid dienone is 1. The van der Waals surface area contributed by atoms with Crippen LogP contribution in [0.1, 0.15) is 11.1 Å². The molecule has 0 saturated carbocycles. The number of aromatic amines is 1. The van der Waals surface area contributed by atoms with Crippen molar-refractivity contribution in [2.24, 2.45) is 12.0 Å². The molecule has 0 aliphatic carbocycles. The zero-order chi connectivity index (χ0) is 22.8. The Morgan fingerprint density at radius 2 is 2.03 bits per heavy atom. The fourth-order valence-electron chi connectivity index (χ4n) is 3.38. The Bertz CT molecular complexity index is 1140.